The van der Waals surface area contributed by atoms with Crippen LogP contribution in [0.5, 0.6) is 0 Å². The van der Waals surface area contributed by atoms with Gasteiger partial charge in [-0.2, -0.15) is 0 Å². The van der Waals surface area contributed by atoms with Crippen molar-refractivity contribution >= 4 is 48.2 Å². The summed E-state index contributed by atoms with van der Waals surface area (Å²) < 4.78 is 1.14. The Morgan fingerprint density at radius 2 is 1.17 bits per heavy atom. The minimum atomic E-state index is -0.0302. The molecule has 0 unspecified atom stereocenters. The van der Waals surface area contributed by atoms with E-state index < -0.39 is 0 Å². The van der Waals surface area contributed by atoms with E-state index in [-0.39, 0.29) is 10.8 Å². The number of rotatable bonds is 1. The highest BCUT2D eigenvalue weighted by atomic mass is 79.9. The molecule has 0 saturated carbocycles. The van der Waals surface area contributed by atoms with Crippen LogP contribution in [0.3, 0.4) is 0 Å². The van der Waals surface area contributed by atoms with Crippen molar-refractivity contribution in [2.75, 3.05) is 0 Å². The van der Waals surface area contributed by atoms with E-state index in [9.17, 15) is 0 Å². The molecule has 0 nitrogen and oxygen atoms in total. The molecule has 0 N–H and O–H groups in total. The number of benzene rings is 6. The van der Waals surface area contributed by atoms with Crippen LogP contribution < -0.4 is 0 Å². The van der Waals surface area contributed by atoms with E-state index in [4.69, 9.17) is 0 Å². The highest BCUT2D eigenvalue weighted by Crippen LogP contribution is 2.51. The van der Waals surface area contributed by atoms with Crippen molar-refractivity contribution in [1.29, 1.82) is 0 Å². The Morgan fingerprint density at radius 1 is 0.583 bits per heavy atom. The first-order valence-electron chi connectivity index (χ1n) is 12.8. The van der Waals surface area contributed by atoms with Crippen LogP contribution in [0, 0.1) is 0 Å². The molecule has 0 fully saturated rings. The maximum Gasteiger partial charge on any atom is 0.0178 e. The fourth-order valence-corrected chi connectivity index (χ4v) is 6.74. The molecule has 6 aromatic carbocycles. The highest BCUT2D eigenvalue weighted by molar-refractivity contribution is 9.10. The lowest BCUT2D eigenvalue weighted by Crippen LogP contribution is -2.15. The van der Waals surface area contributed by atoms with Crippen LogP contribution in [0.2, 0.25) is 0 Å². The molecule has 1 heteroatoms. The van der Waals surface area contributed by atoms with Crippen LogP contribution in [0.1, 0.15) is 51.3 Å². The van der Waals surface area contributed by atoms with E-state index in [1.165, 1.54) is 71.3 Å². The minimum Gasteiger partial charge on any atom is -0.0561 e. The van der Waals surface area contributed by atoms with E-state index >= 15 is 0 Å². The van der Waals surface area contributed by atoms with E-state index in [0.29, 0.717) is 0 Å². The Balaban J connectivity index is 1.47. The Morgan fingerprint density at radius 3 is 1.89 bits per heavy atom. The fourth-order valence-electron chi connectivity index (χ4n) is 6.38. The molecule has 176 valence electrons. The van der Waals surface area contributed by atoms with Crippen molar-refractivity contribution in [2.24, 2.45) is 0 Å². The smallest absolute Gasteiger partial charge is 0.0178 e. The predicted molar refractivity (Wildman–Crippen MR) is 160 cm³/mol. The van der Waals surface area contributed by atoms with Crippen LogP contribution in [-0.4, -0.2) is 0 Å². The molecular weight excluding hydrogens is 500 g/mol. The summed E-state index contributed by atoms with van der Waals surface area (Å²) in [6, 6.07) is 32.4. The summed E-state index contributed by atoms with van der Waals surface area (Å²) in [5.41, 5.74) is 9.61. The van der Waals surface area contributed by atoms with Crippen LogP contribution in [0.25, 0.3) is 54.6 Å². The second-order valence-corrected chi connectivity index (χ2v) is 12.9. The van der Waals surface area contributed by atoms with Gasteiger partial charge in [0.2, 0.25) is 0 Å². The van der Waals surface area contributed by atoms with Crippen molar-refractivity contribution in [1.82, 2.24) is 0 Å². The van der Waals surface area contributed by atoms with Crippen LogP contribution in [0.15, 0.2) is 89.4 Å². The molecule has 0 saturated heterocycles. The summed E-state index contributed by atoms with van der Waals surface area (Å²) in [5.74, 6) is 0. The number of hydrogen-bond acceptors (Lipinski definition) is 0. The molecule has 6 aromatic rings. The number of hydrogen-bond donors (Lipinski definition) is 0. The number of fused-ring (bicyclic) bond motifs is 3. The fraction of sp³-hybridized carbons (Fsp3) is 0.200. The molecule has 0 atom stereocenters. The van der Waals surface area contributed by atoms with Crippen molar-refractivity contribution in [3.05, 3.63) is 106 Å². The first kappa shape index (κ1) is 22.1. The lowest BCUT2D eigenvalue weighted by molar-refractivity contribution is 0.591. The van der Waals surface area contributed by atoms with E-state index in [1.807, 2.05) is 0 Å². The van der Waals surface area contributed by atoms with Gasteiger partial charge in [0.05, 0.1) is 0 Å². The van der Waals surface area contributed by atoms with Gasteiger partial charge in [-0.1, -0.05) is 117 Å². The van der Waals surface area contributed by atoms with Gasteiger partial charge >= 0.3 is 0 Å². The van der Waals surface area contributed by atoms with Crippen LogP contribution in [0.4, 0.5) is 0 Å². The second-order valence-electron chi connectivity index (χ2n) is 12.0. The maximum absolute atomic E-state index is 3.69. The molecule has 0 heterocycles. The summed E-state index contributed by atoms with van der Waals surface area (Å²) in [4.78, 5) is 0. The van der Waals surface area contributed by atoms with Crippen molar-refractivity contribution < 1.29 is 0 Å². The molecule has 1 aliphatic carbocycles. The Bertz CT molecular complexity index is 1830. The molecule has 0 spiro atoms. The Kier molecular flexibility index (Phi) is 4.42. The van der Waals surface area contributed by atoms with Gasteiger partial charge in [0.25, 0.3) is 0 Å². The summed E-state index contributed by atoms with van der Waals surface area (Å²) in [6.45, 7) is 11.6. The zero-order valence-electron chi connectivity index (χ0n) is 21.5. The molecule has 0 amide bonds. The van der Waals surface area contributed by atoms with Gasteiger partial charge in [-0.25, -0.2) is 0 Å². The third-order valence-electron chi connectivity index (χ3n) is 8.41. The monoisotopic (exact) mass is 528 g/mol. The summed E-state index contributed by atoms with van der Waals surface area (Å²) in [7, 11) is 0. The zero-order valence-corrected chi connectivity index (χ0v) is 23.0. The average molecular weight is 530 g/mol. The van der Waals surface area contributed by atoms with Gasteiger partial charge in [-0.15, -0.1) is 0 Å². The Labute approximate surface area is 221 Å². The maximum atomic E-state index is 3.69. The third kappa shape index (κ3) is 2.99. The molecule has 0 aromatic heterocycles. The van der Waals surface area contributed by atoms with E-state index in [1.54, 1.807) is 0 Å². The highest BCUT2D eigenvalue weighted by Gasteiger charge is 2.35. The van der Waals surface area contributed by atoms with Gasteiger partial charge in [0.1, 0.15) is 0 Å². The molecule has 7 rings (SSSR count). The Hall–Kier alpha value is -3.16. The first-order chi connectivity index (χ1) is 17.1. The quantitative estimate of drug-likeness (QED) is 0.186. The van der Waals surface area contributed by atoms with E-state index in [0.717, 1.165) is 4.47 Å². The van der Waals surface area contributed by atoms with E-state index in [2.05, 4.69) is 135 Å². The zero-order chi connectivity index (χ0) is 25.0. The molecule has 0 bridgehead atoms. The summed E-state index contributed by atoms with van der Waals surface area (Å²) in [6.07, 6.45) is 0. The van der Waals surface area contributed by atoms with Crippen LogP contribution in [-0.2, 0) is 10.8 Å². The van der Waals surface area contributed by atoms with Gasteiger partial charge in [0, 0.05) is 9.89 Å². The molecule has 0 aliphatic heterocycles. The predicted octanol–water partition coefficient (Wildman–Crippen LogP) is 10.6. The van der Waals surface area contributed by atoms with Crippen molar-refractivity contribution in [3.63, 3.8) is 0 Å². The number of halogens is 1. The second kappa shape index (κ2) is 7.20. The topological polar surface area (TPSA) is 0 Å². The summed E-state index contributed by atoms with van der Waals surface area (Å²) >= 11 is 3.69. The molecule has 36 heavy (non-hydrogen) atoms. The van der Waals surface area contributed by atoms with Gasteiger partial charge < -0.3 is 0 Å². The lowest BCUT2D eigenvalue weighted by Gasteiger charge is -2.23. The third-order valence-corrected chi connectivity index (χ3v) is 8.91. The standard InChI is InChI=1S/C35H29Br/c1-34(2,3)24-16-22-7-6-20-8-12-26(29-14-10-23(17-24)32(22)33(20)29)21-9-13-27-28-15-11-25(36)19-31(28)35(4,5)30(27)18-21/h6-19H,1-5H3. The molecule has 1 aliphatic rings. The normalized spacial score (nSPS) is 14.6. The first-order valence-corrected chi connectivity index (χ1v) is 13.6. The van der Waals surface area contributed by atoms with Crippen molar-refractivity contribution in [2.45, 2.75) is 45.4 Å². The average Bonchev–Trinajstić information content (AvgIpc) is 3.07. The summed E-state index contributed by atoms with van der Waals surface area (Å²) in [5, 5.41) is 8.10. The lowest BCUT2D eigenvalue weighted by atomic mass is 9.81. The largest absolute Gasteiger partial charge is 0.0561 e. The van der Waals surface area contributed by atoms with Crippen molar-refractivity contribution in [3.8, 4) is 22.3 Å². The molecular formula is C35H29Br. The SMILES string of the molecule is CC(C)(C)c1cc2ccc3ccc(-c4ccc5c(c4)C(C)(C)c4cc(Br)ccc4-5)c4ccc(c1)c2c34. The van der Waals surface area contributed by atoms with Gasteiger partial charge in [-0.05, 0) is 94.9 Å². The van der Waals surface area contributed by atoms with Gasteiger partial charge in [-0.3, -0.25) is 0 Å². The molecule has 0 radical (unpaired) electrons. The van der Waals surface area contributed by atoms with Gasteiger partial charge in [0.15, 0.2) is 0 Å². The minimum absolute atomic E-state index is 0.0302. The van der Waals surface area contributed by atoms with Crippen LogP contribution >= 0.6 is 15.9 Å².